The first-order chi connectivity index (χ1) is 13.7. The number of amides is 1. The first-order valence-electron chi connectivity index (χ1n) is 9.72. The summed E-state index contributed by atoms with van der Waals surface area (Å²) in [5.41, 5.74) is 2.49. The SMILES string of the molecule is CC(C)(C)CC(=O)N(Cc1ccccc1Cl)C[C@@H]1CC(c2ccccc2Cl)=NO1. The minimum atomic E-state index is -0.215. The van der Waals surface area contributed by atoms with Crippen LogP contribution < -0.4 is 0 Å². The van der Waals surface area contributed by atoms with Gasteiger partial charge < -0.3 is 9.74 Å². The van der Waals surface area contributed by atoms with Crippen LogP contribution in [0.3, 0.4) is 0 Å². The molecule has 1 atom stereocenters. The fraction of sp³-hybridized carbons (Fsp3) is 0.391. The van der Waals surface area contributed by atoms with E-state index < -0.39 is 0 Å². The van der Waals surface area contributed by atoms with Crippen molar-refractivity contribution in [1.29, 1.82) is 0 Å². The Morgan fingerprint density at radius 1 is 1.10 bits per heavy atom. The second kappa shape index (κ2) is 9.19. The van der Waals surface area contributed by atoms with Crippen molar-refractivity contribution in [2.24, 2.45) is 10.6 Å². The maximum atomic E-state index is 13.0. The van der Waals surface area contributed by atoms with E-state index in [0.29, 0.717) is 36.0 Å². The first-order valence-corrected chi connectivity index (χ1v) is 10.5. The molecule has 1 amide bonds. The Morgan fingerprint density at radius 3 is 2.41 bits per heavy atom. The molecule has 0 radical (unpaired) electrons. The van der Waals surface area contributed by atoms with Gasteiger partial charge in [0.05, 0.1) is 12.3 Å². The van der Waals surface area contributed by atoms with Gasteiger partial charge in [0.15, 0.2) is 6.10 Å². The molecule has 0 fully saturated rings. The number of benzene rings is 2. The quantitative estimate of drug-likeness (QED) is 0.565. The lowest BCUT2D eigenvalue weighted by molar-refractivity contribution is -0.135. The van der Waals surface area contributed by atoms with Crippen LogP contribution in [0.2, 0.25) is 10.0 Å². The molecule has 29 heavy (non-hydrogen) atoms. The monoisotopic (exact) mass is 432 g/mol. The molecule has 1 aliphatic heterocycles. The number of halogens is 2. The lowest BCUT2D eigenvalue weighted by Crippen LogP contribution is -2.39. The van der Waals surface area contributed by atoms with Crippen LogP contribution in [0.15, 0.2) is 53.7 Å². The fourth-order valence-electron chi connectivity index (χ4n) is 3.28. The highest BCUT2D eigenvalue weighted by Gasteiger charge is 2.29. The molecule has 0 unspecified atom stereocenters. The van der Waals surface area contributed by atoms with E-state index in [0.717, 1.165) is 16.8 Å². The van der Waals surface area contributed by atoms with Crippen LogP contribution in [-0.2, 0) is 16.2 Å². The van der Waals surface area contributed by atoms with E-state index in [1.54, 1.807) is 0 Å². The maximum Gasteiger partial charge on any atom is 0.223 e. The van der Waals surface area contributed by atoms with E-state index in [-0.39, 0.29) is 17.4 Å². The van der Waals surface area contributed by atoms with Gasteiger partial charge in [-0.3, -0.25) is 4.79 Å². The third-order valence-electron chi connectivity index (χ3n) is 4.70. The Morgan fingerprint density at radius 2 is 1.76 bits per heavy atom. The summed E-state index contributed by atoms with van der Waals surface area (Å²) < 4.78 is 0. The Bertz CT molecular complexity index is 906. The van der Waals surface area contributed by atoms with Crippen molar-refractivity contribution in [2.45, 2.75) is 46.3 Å². The highest BCUT2D eigenvalue weighted by molar-refractivity contribution is 6.34. The van der Waals surface area contributed by atoms with Crippen LogP contribution in [0.1, 0.15) is 44.7 Å². The fourth-order valence-corrected chi connectivity index (χ4v) is 3.72. The topological polar surface area (TPSA) is 41.9 Å². The summed E-state index contributed by atoms with van der Waals surface area (Å²) in [5.74, 6) is 0.0761. The molecule has 2 aromatic rings. The van der Waals surface area contributed by atoms with Crippen LogP contribution >= 0.6 is 23.2 Å². The van der Waals surface area contributed by atoms with Crippen LogP contribution in [0.25, 0.3) is 0 Å². The smallest absolute Gasteiger partial charge is 0.223 e. The van der Waals surface area contributed by atoms with Crippen molar-refractivity contribution in [2.75, 3.05) is 6.54 Å². The second-order valence-corrected chi connectivity index (χ2v) is 9.37. The normalized spacial score (nSPS) is 16.3. The lowest BCUT2D eigenvalue weighted by Gasteiger charge is -2.28. The zero-order valence-corrected chi connectivity index (χ0v) is 18.5. The van der Waals surface area contributed by atoms with Gasteiger partial charge in [-0.2, -0.15) is 0 Å². The molecule has 3 rings (SSSR count). The number of hydrogen-bond acceptors (Lipinski definition) is 3. The molecule has 0 spiro atoms. The minimum absolute atomic E-state index is 0.0761. The Labute approximate surface area is 182 Å². The Kier molecular flexibility index (Phi) is 6.86. The molecule has 1 heterocycles. The summed E-state index contributed by atoms with van der Waals surface area (Å²) >= 11 is 12.6. The molecule has 2 aromatic carbocycles. The highest BCUT2D eigenvalue weighted by Crippen LogP contribution is 2.26. The molecule has 1 aliphatic rings. The third kappa shape index (κ3) is 5.97. The first kappa shape index (κ1) is 21.7. The Balaban J connectivity index is 1.73. The van der Waals surface area contributed by atoms with E-state index >= 15 is 0 Å². The Hall–Kier alpha value is -2.04. The summed E-state index contributed by atoms with van der Waals surface area (Å²) in [7, 11) is 0. The zero-order valence-electron chi connectivity index (χ0n) is 17.0. The predicted octanol–water partition coefficient (Wildman–Crippen LogP) is 5.95. The highest BCUT2D eigenvalue weighted by atomic mass is 35.5. The van der Waals surface area contributed by atoms with Gasteiger partial charge in [-0.1, -0.05) is 85.5 Å². The van der Waals surface area contributed by atoms with Gasteiger partial charge in [-0.25, -0.2) is 0 Å². The summed E-state index contributed by atoms with van der Waals surface area (Å²) in [6.07, 6.45) is 0.834. The number of carbonyl (C=O) groups is 1. The van der Waals surface area contributed by atoms with Gasteiger partial charge in [0.2, 0.25) is 5.91 Å². The van der Waals surface area contributed by atoms with Gasteiger partial charge in [0.25, 0.3) is 0 Å². The standard InChI is InChI=1S/C23H26Cl2N2O2/c1-23(2,3)13-22(28)27(14-16-8-4-6-10-19(16)24)15-17-12-21(26-29-17)18-9-5-7-11-20(18)25/h4-11,17H,12-15H2,1-3H3/t17-/m0/s1. The zero-order chi connectivity index (χ0) is 21.0. The summed E-state index contributed by atoms with van der Waals surface area (Å²) in [6.45, 7) is 7.06. The van der Waals surface area contributed by atoms with Crippen molar-refractivity contribution >= 4 is 34.8 Å². The summed E-state index contributed by atoms with van der Waals surface area (Å²) in [4.78, 5) is 20.5. The number of nitrogens with zero attached hydrogens (tertiary/aromatic N) is 2. The summed E-state index contributed by atoms with van der Waals surface area (Å²) in [6, 6.07) is 15.2. The largest absolute Gasteiger partial charge is 0.390 e. The number of carbonyl (C=O) groups excluding carboxylic acids is 1. The lowest BCUT2D eigenvalue weighted by atomic mass is 9.91. The van der Waals surface area contributed by atoms with Crippen LogP contribution in [0.5, 0.6) is 0 Å². The van der Waals surface area contributed by atoms with E-state index in [2.05, 4.69) is 25.9 Å². The second-order valence-electron chi connectivity index (χ2n) is 8.55. The summed E-state index contributed by atoms with van der Waals surface area (Å²) in [5, 5.41) is 5.53. The van der Waals surface area contributed by atoms with Gasteiger partial charge in [-0.05, 0) is 23.1 Å². The number of hydrogen-bond donors (Lipinski definition) is 0. The number of oxime groups is 1. The molecule has 0 saturated heterocycles. The van der Waals surface area contributed by atoms with Crippen molar-refractivity contribution in [3.05, 3.63) is 69.7 Å². The average Bonchev–Trinajstić information content (AvgIpc) is 3.10. The third-order valence-corrected chi connectivity index (χ3v) is 5.39. The molecule has 0 aromatic heterocycles. The molecule has 4 nitrogen and oxygen atoms in total. The molecular weight excluding hydrogens is 407 g/mol. The van der Waals surface area contributed by atoms with Gasteiger partial charge in [0.1, 0.15) is 0 Å². The molecule has 0 bridgehead atoms. The van der Waals surface area contributed by atoms with Crippen molar-refractivity contribution in [3.8, 4) is 0 Å². The van der Waals surface area contributed by atoms with Crippen molar-refractivity contribution in [1.82, 2.24) is 4.90 Å². The van der Waals surface area contributed by atoms with E-state index in [4.69, 9.17) is 28.0 Å². The van der Waals surface area contributed by atoms with Gasteiger partial charge in [0, 0.05) is 35.0 Å². The van der Waals surface area contributed by atoms with Gasteiger partial charge in [-0.15, -0.1) is 0 Å². The maximum absolute atomic E-state index is 13.0. The predicted molar refractivity (Wildman–Crippen MR) is 118 cm³/mol. The van der Waals surface area contributed by atoms with Crippen LogP contribution in [0.4, 0.5) is 0 Å². The van der Waals surface area contributed by atoms with Crippen LogP contribution in [0, 0.1) is 5.41 Å². The van der Waals surface area contributed by atoms with E-state index in [1.165, 1.54) is 0 Å². The average molecular weight is 433 g/mol. The van der Waals surface area contributed by atoms with Crippen LogP contribution in [-0.4, -0.2) is 29.2 Å². The van der Waals surface area contributed by atoms with E-state index in [1.807, 2.05) is 53.4 Å². The van der Waals surface area contributed by atoms with Gasteiger partial charge >= 0.3 is 0 Å². The molecule has 0 aliphatic carbocycles. The molecule has 0 saturated carbocycles. The molecular formula is C23H26Cl2N2O2. The van der Waals surface area contributed by atoms with Crippen molar-refractivity contribution < 1.29 is 9.63 Å². The minimum Gasteiger partial charge on any atom is -0.390 e. The molecule has 154 valence electrons. The van der Waals surface area contributed by atoms with E-state index in [9.17, 15) is 4.79 Å². The number of rotatable bonds is 6. The molecule has 0 N–H and O–H groups in total. The van der Waals surface area contributed by atoms with Crippen molar-refractivity contribution in [3.63, 3.8) is 0 Å². The molecule has 6 heteroatoms.